The largest absolute Gasteiger partial charge is 0.478 e. The number of esters is 2. The summed E-state index contributed by atoms with van der Waals surface area (Å²) in [5.41, 5.74) is -0.0742. The summed E-state index contributed by atoms with van der Waals surface area (Å²) in [5, 5.41) is 8.46. The van der Waals surface area contributed by atoms with Crippen molar-refractivity contribution in [1.82, 2.24) is 4.90 Å². The lowest BCUT2D eigenvalue weighted by Gasteiger charge is -2.15. The van der Waals surface area contributed by atoms with Crippen molar-refractivity contribution in [1.29, 1.82) is 0 Å². The number of hydrogen-bond donors (Lipinski definition) is 1. The lowest BCUT2D eigenvalue weighted by Crippen LogP contribution is -2.33. The molecule has 0 unspecified atom stereocenters. The molecule has 8 nitrogen and oxygen atoms in total. The first-order valence-corrected chi connectivity index (χ1v) is 6.25. The molecule has 118 valence electrons. The van der Waals surface area contributed by atoms with Crippen LogP contribution >= 0.6 is 0 Å². The van der Waals surface area contributed by atoms with Gasteiger partial charge in [-0.3, -0.25) is 9.59 Å². The van der Waals surface area contributed by atoms with E-state index in [2.05, 4.69) is 0 Å². The van der Waals surface area contributed by atoms with Gasteiger partial charge in [0.25, 0.3) is 0 Å². The van der Waals surface area contributed by atoms with E-state index >= 15 is 0 Å². The number of carbonyl (C=O) groups excluding carboxylic acids is 3. The van der Waals surface area contributed by atoms with Crippen LogP contribution in [0.25, 0.3) is 0 Å². The van der Waals surface area contributed by atoms with E-state index in [0.29, 0.717) is 0 Å². The molecule has 21 heavy (non-hydrogen) atoms. The number of carboxylic acids is 1. The zero-order valence-electron chi connectivity index (χ0n) is 12.2. The summed E-state index contributed by atoms with van der Waals surface area (Å²) in [5.74, 6) is -2.98. The van der Waals surface area contributed by atoms with E-state index in [9.17, 15) is 19.2 Å². The van der Waals surface area contributed by atoms with Gasteiger partial charge in [0.2, 0.25) is 5.91 Å². The van der Waals surface area contributed by atoms with Crippen molar-refractivity contribution in [2.75, 3.05) is 26.8 Å². The minimum atomic E-state index is -1.25. The summed E-state index contributed by atoms with van der Waals surface area (Å²) in [7, 11) is 1.43. The number of rotatable bonds is 8. The average molecular weight is 301 g/mol. The van der Waals surface area contributed by atoms with Crippen LogP contribution in [0.1, 0.15) is 20.3 Å². The maximum atomic E-state index is 11.6. The maximum absolute atomic E-state index is 11.6. The molecule has 0 aliphatic rings. The van der Waals surface area contributed by atoms with Crippen molar-refractivity contribution in [2.24, 2.45) is 0 Å². The summed E-state index contributed by atoms with van der Waals surface area (Å²) in [4.78, 5) is 45.6. The van der Waals surface area contributed by atoms with Crippen LogP contribution in [0.15, 0.2) is 11.6 Å². The third kappa shape index (κ3) is 8.40. The van der Waals surface area contributed by atoms with Crippen LogP contribution in [0.3, 0.4) is 0 Å². The second-order valence-electron chi connectivity index (χ2n) is 4.11. The average Bonchev–Trinajstić information content (AvgIpc) is 2.37. The highest BCUT2D eigenvalue weighted by molar-refractivity contribution is 5.95. The van der Waals surface area contributed by atoms with Crippen molar-refractivity contribution >= 4 is 23.8 Å². The first-order chi connectivity index (χ1) is 9.77. The highest BCUT2D eigenvalue weighted by Gasteiger charge is 2.14. The van der Waals surface area contributed by atoms with Crippen LogP contribution in [0.4, 0.5) is 0 Å². The zero-order chi connectivity index (χ0) is 16.4. The topological polar surface area (TPSA) is 110 Å². The van der Waals surface area contributed by atoms with Crippen LogP contribution in [0.5, 0.6) is 0 Å². The molecule has 0 rings (SSSR count). The molecule has 0 saturated heterocycles. The second kappa shape index (κ2) is 9.51. The van der Waals surface area contributed by atoms with E-state index in [1.54, 1.807) is 6.92 Å². The summed E-state index contributed by atoms with van der Waals surface area (Å²) < 4.78 is 9.44. The fourth-order valence-electron chi connectivity index (χ4n) is 1.27. The highest BCUT2D eigenvalue weighted by Crippen LogP contribution is 1.99. The van der Waals surface area contributed by atoms with E-state index in [0.717, 1.165) is 11.0 Å². The number of likely N-dealkylation sites (N-methyl/N-ethyl adjacent to an activating group) is 1. The molecular formula is C13H19NO7. The molecule has 0 radical (unpaired) electrons. The van der Waals surface area contributed by atoms with E-state index in [-0.39, 0.29) is 31.8 Å². The third-order valence-corrected chi connectivity index (χ3v) is 2.31. The third-order valence-electron chi connectivity index (χ3n) is 2.31. The van der Waals surface area contributed by atoms with Crippen molar-refractivity contribution < 1.29 is 33.8 Å². The van der Waals surface area contributed by atoms with Gasteiger partial charge in [0.1, 0.15) is 13.2 Å². The monoisotopic (exact) mass is 301 g/mol. The van der Waals surface area contributed by atoms with Gasteiger partial charge in [0, 0.05) is 18.7 Å². The van der Waals surface area contributed by atoms with Gasteiger partial charge in [-0.05, 0) is 13.8 Å². The number of carbonyl (C=O) groups is 4. The summed E-state index contributed by atoms with van der Waals surface area (Å²) >= 11 is 0. The molecule has 0 spiro atoms. The van der Waals surface area contributed by atoms with Crippen LogP contribution in [0, 0.1) is 0 Å². The first kappa shape index (κ1) is 18.6. The fraction of sp³-hybridized carbons (Fsp3) is 0.538. The van der Waals surface area contributed by atoms with E-state index < -0.39 is 23.8 Å². The van der Waals surface area contributed by atoms with Crippen LogP contribution in [0.2, 0.25) is 0 Å². The van der Waals surface area contributed by atoms with Gasteiger partial charge in [0.05, 0.1) is 13.0 Å². The Labute approximate surface area is 122 Å². The van der Waals surface area contributed by atoms with Gasteiger partial charge >= 0.3 is 17.9 Å². The molecule has 0 aliphatic carbocycles. The Hall–Kier alpha value is -2.38. The first-order valence-electron chi connectivity index (χ1n) is 6.25. The van der Waals surface area contributed by atoms with Gasteiger partial charge in [0.15, 0.2) is 0 Å². The molecule has 0 aromatic rings. The molecule has 0 saturated carbocycles. The quantitative estimate of drug-likeness (QED) is 0.495. The Kier molecular flexibility index (Phi) is 8.43. The molecule has 8 heteroatoms. The van der Waals surface area contributed by atoms with Crippen LogP contribution < -0.4 is 0 Å². The Morgan fingerprint density at radius 1 is 1.19 bits per heavy atom. The normalized spacial score (nSPS) is 10.7. The molecule has 0 aliphatic heterocycles. The van der Waals surface area contributed by atoms with E-state index in [1.165, 1.54) is 14.0 Å². The molecule has 0 heterocycles. The lowest BCUT2D eigenvalue weighted by molar-refractivity contribution is -0.149. The molecule has 0 fully saturated rings. The van der Waals surface area contributed by atoms with Crippen molar-refractivity contribution in [2.45, 2.75) is 20.3 Å². The molecule has 1 amide bonds. The molecule has 0 atom stereocenters. The van der Waals surface area contributed by atoms with Gasteiger partial charge in [-0.25, -0.2) is 9.59 Å². The zero-order valence-corrected chi connectivity index (χ0v) is 12.2. The minimum Gasteiger partial charge on any atom is -0.478 e. The van der Waals surface area contributed by atoms with Gasteiger partial charge in [-0.2, -0.15) is 0 Å². The van der Waals surface area contributed by atoms with Crippen molar-refractivity contribution in [3.63, 3.8) is 0 Å². The summed E-state index contributed by atoms with van der Waals surface area (Å²) in [6.45, 7) is 2.80. The predicted octanol–water partition coefficient (Wildman–Crippen LogP) is -0.0279. The van der Waals surface area contributed by atoms with Crippen LogP contribution in [-0.4, -0.2) is 60.6 Å². The maximum Gasteiger partial charge on any atom is 0.333 e. The summed E-state index contributed by atoms with van der Waals surface area (Å²) in [6.07, 6.45) is 0.610. The molecule has 0 aromatic carbocycles. The molecule has 0 bridgehead atoms. The van der Waals surface area contributed by atoms with Crippen molar-refractivity contribution in [3.05, 3.63) is 11.6 Å². The second-order valence-corrected chi connectivity index (χ2v) is 4.11. The van der Waals surface area contributed by atoms with Gasteiger partial charge in [-0.15, -0.1) is 0 Å². The predicted molar refractivity (Wildman–Crippen MR) is 71.2 cm³/mol. The highest BCUT2D eigenvalue weighted by atomic mass is 16.5. The SMILES string of the molecule is CCOC(=O)CN(C)C(=O)CCOC(=O)C(C)=CC(=O)O. The van der Waals surface area contributed by atoms with Gasteiger partial charge in [-0.1, -0.05) is 0 Å². The molecule has 0 aromatic heterocycles. The number of aliphatic carboxylic acids is 1. The Morgan fingerprint density at radius 2 is 1.81 bits per heavy atom. The number of nitrogens with zero attached hydrogens (tertiary/aromatic N) is 1. The summed E-state index contributed by atoms with van der Waals surface area (Å²) in [6, 6.07) is 0. The smallest absolute Gasteiger partial charge is 0.333 e. The minimum absolute atomic E-state index is 0.0742. The molecule has 1 N–H and O–H groups in total. The number of carboxylic acid groups (broad SMARTS) is 1. The van der Waals surface area contributed by atoms with Crippen molar-refractivity contribution in [3.8, 4) is 0 Å². The van der Waals surface area contributed by atoms with E-state index in [1.807, 2.05) is 0 Å². The Morgan fingerprint density at radius 3 is 2.33 bits per heavy atom. The molecular weight excluding hydrogens is 282 g/mol. The van der Waals surface area contributed by atoms with E-state index in [4.69, 9.17) is 14.6 Å². The number of ether oxygens (including phenoxy) is 2. The Balaban J connectivity index is 4.12. The lowest BCUT2D eigenvalue weighted by atomic mass is 10.3. The van der Waals surface area contributed by atoms with Crippen LogP contribution in [-0.2, 0) is 28.7 Å². The fourth-order valence-corrected chi connectivity index (χ4v) is 1.27. The standard InChI is InChI=1S/C13H19NO7/c1-4-20-12(18)8-14(3)10(15)5-6-21-13(19)9(2)7-11(16)17/h7H,4-6,8H2,1-3H3,(H,16,17). The number of amides is 1. The van der Waals surface area contributed by atoms with Gasteiger partial charge < -0.3 is 19.5 Å². The number of hydrogen-bond acceptors (Lipinski definition) is 6. The Bertz CT molecular complexity index is 442.